The maximum absolute atomic E-state index is 6.42. The first-order valence-electron chi connectivity index (χ1n) is 8.12. The third kappa shape index (κ3) is 3.60. The van der Waals surface area contributed by atoms with Crippen molar-refractivity contribution in [3.05, 3.63) is 70.7 Å². The highest BCUT2D eigenvalue weighted by molar-refractivity contribution is 7.99. The molecule has 0 unspecified atom stereocenters. The fourth-order valence-electron chi connectivity index (χ4n) is 2.71. The van der Waals surface area contributed by atoms with Crippen molar-refractivity contribution in [2.75, 3.05) is 11.1 Å². The van der Waals surface area contributed by atoms with E-state index in [0.29, 0.717) is 38.1 Å². The molecule has 0 fully saturated rings. The average Bonchev–Trinajstić information content (AvgIpc) is 2.84. The summed E-state index contributed by atoms with van der Waals surface area (Å²) in [5.41, 5.74) is 2.99. The lowest BCUT2D eigenvalue weighted by Gasteiger charge is -2.20. The normalized spacial score (nSPS) is 15.0. The number of hydrogen-bond acceptors (Lipinski definition) is 6. The number of hydrogen-bond donors (Lipinski definition) is 1. The summed E-state index contributed by atoms with van der Waals surface area (Å²) in [6.45, 7) is 3.71. The Bertz CT molecular complexity index is 1010. The van der Waals surface area contributed by atoms with Crippen LogP contribution in [0.1, 0.15) is 11.8 Å². The molecule has 2 heterocycles. The second kappa shape index (κ2) is 7.76. The highest BCUT2D eigenvalue weighted by Gasteiger charge is 2.27. The van der Waals surface area contributed by atoms with Gasteiger partial charge < -0.3 is 10.1 Å². The Morgan fingerprint density at radius 2 is 2.00 bits per heavy atom. The van der Waals surface area contributed by atoms with Crippen LogP contribution in [-0.4, -0.2) is 20.9 Å². The molecule has 0 radical (unpaired) electrons. The number of halogens is 2. The molecular weight excluding hydrogens is 403 g/mol. The Labute approximate surface area is 170 Å². The Morgan fingerprint density at radius 3 is 2.85 bits per heavy atom. The zero-order valence-electron chi connectivity index (χ0n) is 14.0. The lowest BCUT2D eigenvalue weighted by molar-refractivity contribution is 0.225. The van der Waals surface area contributed by atoms with Crippen LogP contribution in [-0.2, 0) is 0 Å². The van der Waals surface area contributed by atoms with Crippen molar-refractivity contribution in [1.29, 1.82) is 0 Å². The summed E-state index contributed by atoms with van der Waals surface area (Å²) in [6.07, 6.45) is 1.21. The summed E-state index contributed by atoms with van der Waals surface area (Å²) in [6, 6.07) is 13.2. The van der Waals surface area contributed by atoms with Gasteiger partial charge in [-0.1, -0.05) is 71.4 Å². The molecule has 2 aromatic carbocycles. The van der Waals surface area contributed by atoms with Crippen LogP contribution in [0.15, 0.2) is 60.3 Å². The highest BCUT2D eigenvalue weighted by Crippen LogP contribution is 2.41. The molecule has 0 amide bonds. The van der Waals surface area contributed by atoms with Crippen molar-refractivity contribution < 1.29 is 4.74 Å². The Hall–Kier alpha value is -2.28. The van der Waals surface area contributed by atoms with Gasteiger partial charge in [-0.05, 0) is 12.1 Å². The SMILES string of the molecule is C=CCSc1nnc2c(n1)O[C@@H](c1cccc(Cl)c1Cl)Nc1ccccc1-2. The predicted molar refractivity (Wildman–Crippen MR) is 110 cm³/mol. The molecule has 1 aliphatic rings. The number of nitrogens with zero attached hydrogens (tertiary/aromatic N) is 3. The van der Waals surface area contributed by atoms with E-state index in [1.807, 2.05) is 36.4 Å². The number of anilines is 1. The third-order valence-electron chi connectivity index (χ3n) is 3.93. The van der Waals surface area contributed by atoms with Gasteiger partial charge in [0, 0.05) is 22.6 Å². The van der Waals surface area contributed by atoms with E-state index in [2.05, 4.69) is 27.1 Å². The molecule has 0 aliphatic carbocycles. The standard InChI is InChI=1S/C19H14Cl2N4OS/c1-2-10-27-19-23-18-16(24-25-19)11-6-3-4-9-14(11)22-17(26-18)12-7-5-8-13(20)15(12)21/h2-9,17,22H,1,10H2/t17-/m0/s1. The summed E-state index contributed by atoms with van der Waals surface area (Å²) in [4.78, 5) is 4.54. The number of benzene rings is 2. The van der Waals surface area contributed by atoms with E-state index in [9.17, 15) is 0 Å². The van der Waals surface area contributed by atoms with Crippen LogP contribution in [0.5, 0.6) is 5.88 Å². The molecule has 4 rings (SSSR count). The maximum Gasteiger partial charge on any atom is 0.247 e. The van der Waals surface area contributed by atoms with Crippen LogP contribution in [0.4, 0.5) is 5.69 Å². The van der Waals surface area contributed by atoms with Crippen molar-refractivity contribution >= 4 is 40.7 Å². The summed E-state index contributed by atoms with van der Waals surface area (Å²) in [7, 11) is 0. The van der Waals surface area contributed by atoms with E-state index >= 15 is 0 Å². The molecule has 0 bridgehead atoms. The van der Waals surface area contributed by atoms with Gasteiger partial charge in [0.05, 0.1) is 10.0 Å². The molecule has 0 saturated carbocycles. The fourth-order valence-corrected chi connectivity index (χ4v) is 3.63. The van der Waals surface area contributed by atoms with E-state index in [1.165, 1.54) is 11.8 Å². The monoisotopic (exact) mass is 416 g/mol. The van der Waals surface area contributed by atoms with Crippen LogP contribution in [0, 0.1) is 0 Å². The Kier molecular flexibility index (Phi) is 5.20. The van der Waals surface area contributed by atoms with Crippen LogP contribution in [0.3, 0.4) is 0 Å². The van der Waals surface area contributed by atoms with Gasteiger partial charge in [-0.15, -0.1) is 16.8 Å². The third-order valence-corrected chi connectivity index (χ3v) is 5.59. The molecule has 136 valence electrons. The van der Waals surface area contributed by atoms with Crippen LogP contribution >= 0.6 is 35.0 Å². The average molecular weight is 417 g/mol. The van der Waals surface area contributed by atoms with Gasteiger partial charge in [0.25, 0.3) is 0 Å². The number of nitrogens with one attached hydrogen (secondary N) is 1. The molecule has 1 N–H and O–H groups in total. The lowest BCUT2D eigenvalue weighted by atomic mass is 10.1. The van der Waals surface area contributed by atoms with Gasteiger partial charge in [0.1, 0.15) is 0 Å². The largest absolute Gasteiger partial charge is 0.448 e. The maximum atomic E-state index is 6.42. The fraction of sp³-hybridized carbons (Fsp3) is 0.105. The second-order valence-electron chi connectivity index (χ2n) is 5.68. The molecule has 3 aromatic rings. The lowest BCUT2D eigenvalue weighted by Crippen LogP contribution is -2.17. The van der Waals surface area contributed by atoms with Crippen molar-refractivity contribution in [2.45, 2.75) is 11.4 Å². The molecule has 1 aromatic heterocycles. The van der Waals surface area contributed by atoms with Gasteiger partial charge >= 0.3 is 0 Å². The molecule has 1 aliphatic heterocycles. The van der Waals surface area contributed by atoms with Gasteiger partial charge in [-0.25, -0.2) is 0 Å². The molecule has 0 spiro atoms. The van der Waals surface area contributed by atoms with Gasteiger partial charge in [-0.2, -0.15) is 4.98 Å². The Balaban J connectivity index is 1.83. The Morgan fingerprint density at radius 1 is 1.15 bits per heavy atom. The van der Waals surface area contributed by atoms with E-state index in [0.717, 1.165) is 11.3 Å². The van der Waals surface area contributed by atoms with Gasteiger partial charge in [0.2, 0.25) is 11.0 Å². The van der Waals surface area contributed by atoms with Crippen LogP contribution in [0.25, 0.3) is 11.3 Å². The first-order valence-corrected chi connectivity index (χ1v) is 9.86. The number of ether oxygens (including phenoxy) is 1. The molecular formula is C19H14Cl2N4OS. The number of para-hydroxylation sites is 1. The van der Waals surface area contributed by atoms with Gasteiger partial charge in [0.15, 0.2) is 11.9 Å². The minimum Gasteiger partial charge on any atom is -0.448 e. The molecule has 0 saturated heterocycles. The first-order chi connectivity index (χ1) is 13.2. The van der Waals surface area contributed by atoms with Gasteiger partial charge in [-0.3, -0.25) is 0 Å². The van der Waals surface area contributed by atoms with Crippen molar-refractivity contribution in [3.63, 3.8) is 0 Å². The zero-order valence-corrected chi connectivity index (χ0v) is 16.4. The summed E-state index contributed by atoms with van der Waals surface area (Å²) in [5.74, 6) is 1.06. The van der Waals surface area contributed by atoms with E-state index in [-0.39, 0.29) is 0 Å². The predicted octanol–water partition coefficient (Wildman–Crippen LogP) is 5.63. The number of thioether (sulfide) groups is 1. The number of aromatic nitrogens is 3. The first kappa shape index (κ1) is 18.1. The van der Waals surface area contributed by atoms with E-state index < -0.39 is 6.23 Å². The molecule has 5 nitrogen and oxygen atoms in total. The molecule has 8 heteroatoms. The summed E-state index contributed by atoms with van der Waals surface area (Å²) >= 11 is 14.0. The molecule has 27 heavy (non-hydrogen) atoms. The summed E-state index contributed by atoms with van der Waals surface area (Å²) in [5, 5.41) is 13.3. The summed E-state index contributed by atoms with van der Waals surface area (Å²) < 4.78 is 6.17. The number of rotatable bonds is 4. The van der Waals surface area contributed by atoms with Crippen molar-refractivity contribution in [3.8, 4) is 17.1 Å². The minimum absolute atomic E-state index is 0.384. The van der Waals surface area contributed by atoms with Crippen LogP contribution in [0.2, 0.25) is 10.0 Å². The smallest absolute Gasteiger partial charge is 0.247 e. The quantitative estimate of drug-likeness (QED) is 0.439. The van der Waals surface area contributed by atoms with Crippen molar-refractivity contribution in [2.24, 2.45) is 0 Å². The highest BCUT2D eigenvalue weighted by atomic mass is 35.5. The van der Waals surface area contributed by atoms with E-state index in [1.54, 1.807) is 12.1 Å². The van der Waals surface area contributed by atoms with Crippen LogP contribution < -0.4 is 10.1 Å². The second-order valence-corrected chi connectivity index (χ2v) is 7.45. The zero-order chi connectivity index (χ0) is 18.8. The number of fused-ring (bicyclic) bond motifs is 3. The molecule has 1 atom stereocenters. The topological polar surface area (TPSA) is 59.9 Å². The minimum atomic E-state index is -0.576. The van der Waals surface area contributed by atoms with E-state index in [4.69, 9.17) is 27.9 Å². The van der Waals surface area contributed by atoms with Crippen molar-refractivity contribution in [1.82, 2.24) is 15.2 Å².